The first-order valence-corrected chi connectivity index (χ1v) is 6.98. The van der Waals surface area contributed by atoms with E-state index >= 15 is 0 Å². The number of carbonyl (C=O) groups is 2. The minimum atomic E-state index is -0.532. The molecule has 1 aliphatic rings. The Bertz CT molecular complexity index is 278. The summed E-state index contributed by atoms with van der Waals surface area (Å²) < 4.78 is 10.5. The molecule has 0 spiro atoms. The van der Waals surface area contributed by atoms with Crippen molar-refractivity contribution in [1.29, 1.82) is 0 Å². The van der Waals surface area contributed by atoms with Crippen LogP contribution < -0.4 is 5.32 Å². The van der Waals surface area contributed by atoms with Gasteiger partial charge in [-0.1, -0.05) is 13.3 Å². The van der Waals surface area contributed by atoms with Gasteiger partial charge in [-0.3, -0.25) is 9.59 Å². The molecular formula is C13H24N2O4. The van der Waals surface area contributed by atoms with Crippen molar-refractivity contribution in [3.63, 3.8) is 0 Å². The van der Waals surface area contributed by atoms with Gasteiger partial charge in [0.15, 0.2) is 0 Å². The van der Waals surface area contributed by atoms with Crippen molar-refractivity contribution in [1.82, 2.24) is 10.2 Å². The van der Waals surface area contributed by atoms with Crippen LogP contribution in [0.5, 0.6) is 0 Å². The Morgan fingerprint density at radius 2 is 1.89 bits per heavy atom. The summed E-state index contributed by atoms with van der Waals surface area (Å²) in [5.41, 5.74) is 0. The lowest BCUT2D eigenvalue weighted by Gasteiger charge is -2.26. The highest BCUT2D eigenvalue weighted by atomic mass is 16.5. The van der Waals surface area contributed by atoms with Crippen LogP contribution in [0.2, 0.25) is 0 Å². The van der Waals surface area contributed by atoms with Crippen LogP contribution in [0.1, 0.15) is 26.2 Å². The maximum atomic E-state index is 11.7. The highest BCUT2D eigenvalue weighted by Crippen LogP contribution is 1.97. The molecule has 0 aromatic carbocycles. The third kappa shape index (κ3) is 6.54. The average molecular weight is 272 g/mol. The van der Waals surface area contributed by atoms with Crippen molar-refractivity contribution in [2.45, 2.75) is 26.2 Å². The van der Waals surface area contributed by atoms with Gasteiger partial charge >= 0.3 is 11.8 Å². The van der Waals surface area contributed by atoms with E-state index in [1.54, 1.807) is 0 Å². The number of carbonyl (C=O) groups excluding carboxylic acids is 2. The quantitative estimate of drug-likeness (QED) is 0.530. The number of ether oxygens (including phenoxy) is 2. The van der Waals surface area contributed by atoms with Gasteiger partial charge in [-0.15, -0.1) is 0 Å². The summed E-state index contributed by atoms with van der Waals surface area (Å²) in [7, 11) is 0. The molecule has 19 heavy (non-hydrogen) atoms. The number of hydrogen-bond acceptors (Lipinski definition) is 4. The molecule has 0 atom stereocenters. The minimum Gasteiger partial charge on any atom is -0.381 e. The Kier molecular flexibility index (Phi) is 8.16. The second kappa shape index (κ2) is 9.75. The smallest absolute Gasteiger partial charge is 0.312 e. The largest absolute Gasteiger partial charge is 0.381 e. The van der Waals surface area contributed by atoms with Crippen LogP contribution in [0.4, 0.5) is 0 Å². The molecule has 110 valence electrons. The Hall–Kier alpha value is -1.14. The fourth-order valence-electron chi connectivity index (χ4n) is 1.71. The monoisotopic (exact) mass is 272 g/mol. The van der Waals surface area contributed by atoms with Crippen LogP contribution in [0, 0.1) is 0 Å². The van der Waals surface area contributed by atoms with E-state index < -0.39 is 11.8 Å². The fraction of sp³-hybridized carbons (Fsp3) is 0.846. The van der Waals surface area contributed by atoms with E-state index in [1.807, 2.05) is 0 Å². The third-order valence-corrected chi connectivity index (χ3v) is 2.89. The van der Waals surface area contributed by atoms with E-state index in [0.717, 1.165) is 25.9 Å². The van der Waals surface area contributed by atoms with Crippen molar-refractivity contribution in [3.05, 3.63) is 0 Å². The SMILES string of the molecule is CCCCOCCCNC(=O)C(=O)N1CCOCC1. The second-order valence-corrected chi connectivity index (χ2v) is 4.48. The van der Waals surface area contributed by atoms with E-state index in [9.17, 15) is 9.59 Å². The number of rotatable bonds is 7. The third-order valence-electron chi connectivity index (χ3n) is 2.89. The van der Waals surface area contributed by atoms with E-state index in [0.29, 0.717) is 39.5 Å². The van der Waals surface area contributed by atoms with Gasteiger partial charge in [0.25, 0.3) is 0 Å². The lowest BCUT2D eigenvalue weighted by Crippen LogP contribution is -2.48. The van der Waals surface area contributed by atoms with E-state index in [1.165, 1.54) is 4.90 Å². The molecule has 0 aliphatic carbocycles. The van der Waals surface area contributed by atoms with Crippen LogP contribution >= 0.6 is 0 Å². The molecule has 1 aliphatic heterocycles. The summed E-state index contributed by atoms with van der Waals surface area (Å²) >= 11 is 0. The van der Waals surface area contributed by atoms with Crippen molar-refractivity contribution >= 4 is 11.8 Å². The van der Waals surface area contributed by atoms with E-state index in [-0.39, 0.29) is 0 Å². The molecule has 0 unspecified atom stereocenters. The topological polar surface area (TPSA) is 67.9 Å². The van der Waals surface area contributed by atoms with E-state index in [2.05, 4.69) is 12.2 Å². The maximum Gasteiger partial charge on any atom is 0.312 e. The molecule has 0 saturated carbocycles. The van der Waals surface area contributed by atoms with Gasteiger partial charge in [-0.2, -0.15) is 0 Å². The van der Waals surface area contributed by atoms with Crippen molar-refractivity contribution < 1.29 is 19.1 Å². The van der Waals surface area contributed by atoms with Crippen molar-refractivity contribution in [3.8, 4) is 0 Å². The molecule has 0 bridgehead atoms. The van der Waals surface area contributed by atoms with Gasteiger partial charge in [-0.05, 0) is 12.8 Å². The zero-order chi connectivity index (χ0) is 13.9. The lowest BCUT2D eigenvalue weighted by molar-refractivity contribution is -0.148. The van der Waals surface area contributed by atoms with Gasteiger partial charge in [0, 0.05) is 32.8 Å². The molecule has 0 radical (unpaired) electrons. The molecule has 1 N–H and O–H groups in total. The zero-order valence-electron chi connectivity index (χ0n) is 11.7. The Morgan fingerprint density at radius 1 is 1.21 bits per heavy atom. The first-order valence-electron chi connectivity index (χ1n) is 6.98. The highest BCUT2D eigenvalue weighted by molar-refractivity contribution is 6.35. The predicted octanol–water partition coefficient (Wildman–Crippen LogP) is 0.168. The van der Waals surface area contributed by atoms with Crippen LogP contribution in [0.15, 0.2) is 0 Å². The Labute approximate surface area is 114 Å². The second-order valence-electron chi connectivity index (χ2n) is 4.48. The summed E-state index contributed by atoms with van der Waals surface area (Å²) in [6, 6.07) is 0. The van der Waals surface area contributed by atoms with Gasteiger partial charge in [0.05, 0.1) is 13.2 Å². The molecule has 1 heterocycles. The van der Waals surface area contributed by atoms with Gasteiger partial charge in [0.2, 0.25) is 0 Å². The average Bonchev–Trinajstić information content (AvgIpc) is 2.46. The molecule has 1 fully saturated rings. The summed E-state index contributed by atoms with van der Waals surface area (Å²) in [5.74, 6) is -0.995. The normalized spacial score (nSPS) is 15.3. The van der Waals surface area contributed by atoms with Gasteiger partial charge in [0.1, 0.15) is 0 Å². The summed E-state index contributed by atoms with van der Waals surface area (Å²) in [6.07, 6.45) is 2.90. The van der Waals surface area contributed by atoms with Crippen molar-refractivity contribution in [2.75, 3.05) is 46.1 Å². The lowest BCUT2D eigenvalue weighted by atomic mass is 10.3. The van der Waals surface area contributed by atoms with Crippen molar-refractivity contribution in [2.24, 2.45) is 0 Å². The first-order chi connectivity index (χ1) is 9.25. The molecule has 0 aromatic heterocycles. The molecular weight excluding hydrogens is 248 g/mol. The summed E-state index contributed by atoms with van der Waals surface area (Å²) in [4.78, 5) is 24.8. The van der Waals surface area contributed by atoms with Gasteiger partial charge < -0.3 is 19.7 Å². The summed E-state index contributed by atoms with van der Waals surface area (Å²) in [6.45, 7) is 5.96. The maximum absolute atomic E-state index is 11.7. The first kappa shape index (κ1) is 15.9. The molecule has 6 heteroatoms. The highest BCUT2D eigenvalue weighted by Gasteiger charge is 2.22. The van der Waals surface area contributed by atoms with Crippen LogP contribution in [0.3, 0.4) is 0 Å². The molecule has 1 saturated heterocycles. The number of unbranched alkanes of at least 4 members (excludes halogenated alkanes) is 1. The molecule has 6 nitrogen and oxygen atoms in total. The summed E-state index contributed by atoms with van der Waals surface area (Å²) in [5, 5.41) is 2.62. The Balaban J connectivity index is 2.04. The zero-order valence-corrected chi connectivity index (χ0v) is 11.7. The standard InChI is InChI=1S/C13H24N2O4/c1-2-3-8-18-9-4-5-14-12(16)13(17)15-6-10-19-11-7-15/h2-11H2,1H3,(H,14,16). The molecule has 2 amide bonds. The van der Waals surface area contributed by atoms with Crippen LogP contribution in [-0.4, -0.2) is 62.8 Å². The molecule has 1 rings (SSSR count). The number of hydrogen-bond donors (Lipinski definition) is 1. The van der Waals surface area contributed by atoms with Crippen LogP contribution in [-0.2, 0) is 19.1 Å². The number of morpholine rings is 1. The fourth-order valence-corrected chi connectivity index (χ4v) is 1.71. The number of nitrogens with one attached hydrogen (secondary N) is 1. The predicted molar refractivity (Wildman–Crippen MR) is 70.8 cm³/mol. The van der Waals surface area contributed by atoms with E-state index in [4.69, 9.17) is 9.47 Å². The van der Waals surface area contributed by atoms with Crippen LogP contribution in [0.25, 0.3) is 0 Å². The number of amides is 2. The molecule has 0 aromatic rings. The van der Waals surface area contributed by atoms with Gasteiger partial charge in [-0.25, -0.2) is 0 Å². The number of nitrogens with zero attached hydrogens (tertiary/aromatic N) is 1. The minimum absolute atomic E-state index is 0.463. The Morgan fingerprint density at radius 3 is 2.58 bits per heavy atom.